The molecule has 0 spiro atoms. The number of fused-ring (bicyclic) bond motifs is 1. The zero-order valence-corrected chi connectivity index (χ0v) is 37.4. The zero-order chi connectivity index (χ0) is 46.2. The first-order valence-electron chi connectivity index (χ1n) is 22.4. The quantitative estimate of drug-likeness (QED) is 0.0582. The molecule has 7 N–H and O–H groups in total. The number of carbonyl (C=O) groups excluding carboxylic acids is 4. The van der Waals surface area contributed by atoms with Gasteiger partial charge in [-0.2, -0.15) is 0 Å². The Morgan fingerprint density at radius 3 is 2.22 bits per heavy atom. The standard InChI is InChI=1S/C46H70N2O15/c1-6-8-10-21-46(22-11-9-7-2)61-34-26-31(42(56)47-23-20-36(51)48-32(27-49)18-19-37(52)62-45(3,4)5)25-33(41(34)63-46)59-43(57)30-16-14-29(15-17-30)13-12-24-58-44-40(55)39(54)38(53)35(28-50)60-44/h12-17,26,32-35,38-41,44,49-50,53-55H,6-11,18-25,27-28H2,1-5H3,(H,47,56)(H,48,51). The summed E-state index contributed by atoms with van der Waals surface area (Å²) in [6, 6.07) is 5.93. The maximum atomic E-state index is 13.7. The Kier molecular flexibility index (Phi) is 20.6. The number of rotatable bonds is 24. The fraction of sp³-hybridized carbons (Fsp3) is 0.696. The van der Waals surface area contributed by atoms with Crippen molar-refractivity contribution in [2.24, 2.45) is 0 Å². The number of esters is 2. The number of benzene rings is 1. The number of hydrogen-bond acceptors (Lipinski definition) is 15. The van der Waals surface area contributed by atoms with Gasteiger partial charge in [0.05, 0.1) is 31.4 Å². The first-order chi connectivity index (χ1) is 30.0. The maximum Gasteiger partial charge on any atom is 0.338 e. The molecule has 0 bridgehead atoms. The van der Waals surface area contributed by atoms with Crippen molar-refractivity contribution in [1.82, 2.24) is 10.6 Å². The van der Waals surface area contributed by atoms with Crippen LogP contribution in [0.1, 0.15) is 128 Å². The van der Waals surface area contributed by atoms with E-state index in [4.69, 9.17) is 28.4 Å². The third kappa shape index (κ3) is 16.0. The molecule has 354 valence electrons. The number of carbonyl (C=O) groups is 4. The lowest BCUT2D eigenvalue weighted by Gasteiger charge is -2.39. The first kappa shape index (κ1) is 51.9. The van der Waals surface area contributed by atoms with E-state index in [1.807, 2.05) is 0 Å². The molecule has 1 aliphatic carbocycles. The monoisotopic (exact) mass is 890 g/mol. The topological polar surface area (TPSA) is 249 Å². The van der Waals surface area contributed by atoms with Crippen LogP contribution in [-0.4, -0.2) is 142 Å². The van der Waals surface area contributed by atoms with Crippen LogP contribution in [0.4, 0.5) is 0 Å². The van der Waals surface area contributed by atoms with Crippen molar-refractivity contribution in [3.05, 3.63) is 53.1 Å². The van der Waals surface area contributed by atoms with E-state index >= 15 is 0 Å². The van der Waals surface area contributed by atoms with Gasteiger partial charge in [0.15, 0.2) is 12.1 Å². The Bertz CT molecular complexity index is 1670. The molecule has 4 rings (SSSR count). The van der Waals surface area contributed by atoms with E-state index in [9.17, 15) is 44.7 Å². The Hall–Kier alpha value is -3.78. The molecule has 2 amide bonds. The van der Waals surface area contributed by atoms with Crippen molar-refractivity contribution >= 4 is 29.8 Å². The van der Waals surface area contributed by atoms with E-state index in [2.05, 4.69) is 24.5 Å². The summed E-state index contributed by atoms with van der Waals surface area (Å²) in [4.78, 5) is 52.2. The molecule has 2 saturated heterocycles. The summed E-state index contributed by atoms with van der Waals surface area (Å²) < 4.78 is 35.7. The summed E-state index contributed by atoms with van der Waals surface area (Å²) in [5.41, 5.74) is 0.648. The van der Waals surface area contributed by atoms with Crippen molar-refractivity contribution in [2.45, 2.75) is 178 Å². The lowest BCUT2D eigenvalue weighted by atomic mass is 9.91. The molecule has 0 saturated carbocycles. The maximum absolute atomic E-state index is 13.7. The van der Waals surface area contributed by atoms with Crippen LogP contribution in [0.15, 0.2) is 42.0 Å². The fourth-order valence-electron chi connectivity index (χ4n) is 7.67. The van der Waals surface area contributed by atoms with Gasteiger partial charge in [0.25, 0.3) is 0 Å². The van der Waals surface area contributed by atoms with Crippen molar-refractivity contribution in [1.29, 1.82) is 0 Å². The second-order valence-electron chi connectivity index (χ2n) is 17.5. The van der Waals surface area contributed by atoms with E-state index in [-0.39, 0.29) is 51.0 Å². The van der Waals surface area contributed by atoms with Crippen molar-refractivity contribution < 1.29 is 73.1 Å². The van der Waals surface area contributed by atoms with Gasteiger partial charge in [-0.3, -0.25) is 14.4 Å². The molecule has 3 aliphatic rings. The van der Waals surface area contributed by atoms with Gasteiger partial charge in [-0.1, -0.05) is 63.8 Å². The number of nitrogens with one attached hydrogen (secondary N) is 2. The third-order valence-corrected chi connectivity index (χ3v) is 11.1. The fourth-order valence-corrected chi connectivity index (χ4v) is 7.67. The molecule has 9 atom stereocenters. The molecule has 2 fully saturated rings. The van der Waals surface area contributed by atoms with E-state index < -0.39 is 96.8 Å². The van der Waals surface area contributed by atoms with Gasteiger partial charge in [-0.05, 0) is 63.8 Å². The summed E-state index contributed by atoms with van der Waals surface area (Å²) >= 11 is 0. The number of aliphatic hydroxyl groups excluding tert-OH is 5. The molecule has 17 heteroatoms. The summed E-state index contributed by atoms with van der Waals surface area (Å²) in [5, 5.41) is 54.8. The molecule has 9 unspecified atom stereocenters. The molecule has 0 aromatic heterocycles. The Labute approximate surface area is 370 Å². The number of amides is 2. The molecule has 1 aromatic carbocycles. The normalized spacial score (nSPS) is 26.1. The SMILES string of the molecule is CCCCCC1(CCCCC)OC2C=C(C(=O)NCCC(=O)NC(CO)CCC(=O)OC(C)(C)C)CC(OC(=O)c3ccc(C=CCOC4OC(CO)C(O)C(O)C4O)cc3)C2O1. The molecular formula is C46H70N2O15. The second-order valence-corrected chi connectivity index (χ2v) is 17.5. The van der Waals surface area contributed by atoms with Gasteiger partial charge in [0.2, 0.25) is 11.8 Å². The minimum Gasteiger partial charge on any atom is -0.460 e. The highest BCUT2D eigenvalue weighted by Crippen LogP contribution is 2.43. The van der Waals surface area contributed by atoms with Gasteiger partial charge in [-0.15, -0.1) is 0 Å². The number of ether oxygens (including phenoxy) is 6. The van der Waals surface area contributed by atoms with Crippen LogP contribution in [0.3, 0.4) is 0 Å². The van der Waals surface area contributed by atoms with Crippen molar-refractivity contribution in [2.75, 3.05) is 26.4 Å². The molecule has 2 heterocycles. The molecular weight excluding hydrogens is 821 g/mol. The molecule has 1 aromatic rings. The van der Waals surface area contributed by atoms with Gasteiger partial charge < -0.3 is 64.6 Å². The Morgan fingerprint density at radius 1 is 0.921 bits per heavy atom. The Morgan fingerprint density at radius 2 is 1.60 bits per heavy atom. The predicted molar refractivity (Wildman–Crippen MR) is 230 cm³/mol. The third-order valence-electron chi connectivity index (χ3n) is 11.1. The molecule has 2 aliphatic heterocycles. The number of unbranched alkanes of at least 4 members (excludes halogenated alkanes) is 4. The van der Waals surface area contributed by atoms with Crippen molar-refractivity contribution in [3.63, 3.8) is 0 Å². The number of aliphatic hydroxyl groups is 5. The van der Waals surface area contributed by atoms with Gasteiger partial charge in [0, 0.05) is 44.2 Å². The minimum absolute atomic E-state index is 0.0131. The van der Waals surface area contributed by atoms with Crippen LogP contribution in [0, 0.1) is 0 Å². The minimum atomic E-state index is -1.55. The summed E-state index contributed by atoms with van der Waals surface area (Å²) in [6.07, 6.45) is 3.19. The van der Waals surface area contributed by atoms with E-state index in [0.29, 0.717) is 24.0 Å². The summed E-state index contributed by atoms with van der Waals surface area (Å²) in [5.74, 6) is -2.83. The zero-order valence-electron chi connectivity index (χ0n) is 37.4. The molecule has 0 radical (unpaired) electrons. The van der Waals surface area contributed by atoms with E-state index in [1.54, 1.807) is 63.3 Å². The first-order valence-corrected chi connectivity index (χ1v) is 22.4. The predicted octanol–water partition coefficient (Wildman–Crippen LogP) is 3.12. The highest BCUT2D eigenvalue weighted by Gasteiger charge is 2.52. The lowest BCUT2D eigenvalue weighted by molar-refractivity contribution is -0.298. The highest BCUT2D eigenvalue weighted by atomic mass is 16.8. The van der Waals surface area contributed by atoms with Crippen LogP contribution in [-0.2, 0) is 42.8 Å². The summed E-state index contributed by atoms with van der Waals surface area (Å²) in [6.45, 7) is 8.53. The van der Waals surface area contributed by atoms with Crippen LogP contribution in [0.2, 0.25) is 0 Å². The average molecular weight is 891 g/mol. The van der Waals surface area contributed by atoms with Gasteiger partial charge in [-0.25, -0.2) is 4.79 Å². The smallest absolute Gasteiger partial charge is 0.338 e. The van der Waals surface area contributed by atoms with Crippen LogP contribution in [0.25, 0.3) is 6.08 Å². The van der Waals surface area contributed by atoms with Crippen molar-refractivity contribution in [3.8, 4) is 0 Å². The van der Waals surface area contributed by atoms with E-state index in [1.165, 1.54) is 0 Å². The van der Waals surface area contributed by atoms with Crippen LogP contribution < -0.4 is 10.6 Å². The summed E-state index contributed by atoms with van der Waals surface area (Å²) in [7, 11) is 0. The number of hydrogen-bond donors (Lipinski definition) is 7. The molecule has 63 heavy (non-hydrogen) atoms. The average Bonchev–Trinajstić information content (AvgIpc) is 3.62. The molecule has 17 nitrogen and oxygen atoms in total. The van der Waals surface area contributed by atoms with Crippen LogP contribution in [0.5, 0.6) is 0 Å². The van der Waals surface area contributed by atoms with Gasteiger partial charge >= 0.3 is 11.9 Å². The second kappa shape index (κ2) is 25.1. The Balaban J connectivity index is 1.39. The lowest BCUT2D eigenvalue weighted by Crippen LogP contribution is -2.59. The highest BCUT2D eigenvalue weighted by molar-refractivity contribution is 5.94. The van der Waals surface area contributed by atoms with Crippen LogP contribution >= 0.6 is 0 Å². The van der Waals surface area contributed by atoms with E-state index in [0.717, 1.165) is 38.5 Å². The largest absolute Gasteiger partial charge is 0.460 e. The van der Waals surface area contributed by atoms with Gasteiger partial charge in [0.1, 0.15) is 48.3 Å².